The number of rotatable bonds is 10. The maximum atomic E-state index is 12.7. The summed E-state index contributed by atoms with van der Waals surface area (Å²) in [5, 5.41) is 9.10. The lowest BCUT2D eigenvalue weighted by atomic mass is 10.2. The molecule has 0 unspecified atom stereocenters. The van der Waals surface area contributed by atoms with Crippen molar-refractivity contribution in [1.82, 2.24) is 25.6 Å². The molecule has 0 saturated heterocycles. The molecule has 1 atom stereocenters. The molecule has 11 heteroatoms. The summed E-state index contributed by atoms with van der Waals surface area (Å²) in [6.07, 6.45) is 0. The second-order valence-corrected chi connectivity index (χ2v) is 9.96. The zero-order valence-electron chi connectivity index (χ0n) is 20.8. The van der Waals surface area contributed by atoms with Crippen molar-refractivity contribution in [2.75, 3.05) is 6.61 Å². The molecule has 9 nitrogen and oxygen atoms in total. The Labute approximate surface area is 229 Å². The van der Waals surface area contributed by atoms with Gasteiger partial charge < -0.3 is 9.47 Å². The SMILES string of the molecule is Cc1ccc(OCc2nnc(S[C@@H](C)C(=O)NNC(=O)COc3ccc(Cl)cc3)n2-c2ccccc2)cc1. The van der Waals surface area contributed by atoms with Gasteiger partial charge in [-0.15, -0.1) is 10.2 Å². The predicted octanol–water partition coefficient (Wildman–Crippen LogP) is 4.52. The summed E-state index contributed by atoms with van der Waals surface area (Å²) in [4.78, 5) is 24.8. The number of amides is 2. The van der Waals surface area contributed by atoms with E-state index in [2.05, 4.69) is 21.0 Å². The van der Waals surface area contributed by atoms with E-state index in [0.717, 1.165) is 17.0 Å². The molecule has 0 saturated carbocycles. The van der Waals surface area contributed by atoms with Crippen molar-refractivity contribution in [3.63, 3.8) is 0 Å². The average molecular weight is 552 g/mol. The minimum Gasteiger partial charge on any atom is -0.486 e. The molecule has 0 fully saturated rings. The quantitative estimate of drug-likeness (QED) is 0.220. The van der Waals surface area contributed by atoms with Crippen LogP contribution in [-0.2, 0) is 16.2 Å². The van der Waals surface area contributed by atoms with E-state index in [-0.39, 0.29) is 13.2 Å². The van der Waals surface area contributed by atoms with Crippen molar-refractivity contribution in [2.45, 2.75) is 30.9 Å². The van der Waals surface area contributed by atoms with Gasteiger partial charge in [0, 0.05) is 10.7 Å². The van der Waals surface area contributed by atoms with Crippen LogP contribution in [0.4, 0.5) is 0 Å². The van der Waals surface area contributed by atoms with E-state index < -0.39 is 17.1 Å². The maximum Gasteiger partial charge on any atom is 0.276 e. The zero-order chi connectivity index (χ0) is 26.9. The fourth-order valence-corrected chi connectivity index (χ4v) is 4.26. The number of carbonyl (C=O) groups is 2. The number of halogens is 1. The van der Waals surface area contributed by atoms with Crippen molar-refractivity contribution < 1.29 is 19.1 Å². The molecule has 0 aliphatic rings. The molecule has 4 rings (SSSR count). The van der Waals surface area contributed by atoms with Crippen LogP contribution in [-0.4, -0.2) is 38.4 Å². The summed E-state index contributed by atoms with van der Waals surface area (Å²) in [5.74, 6) is 0.876. The number of aromatic nitrogens is 3. The number of nitrogens with one attached hydrogen (secondary N) is 2. The Morgan fingerprint density at radius 1 is 0.921 bits per heavy atom. The summed E-state index contributed by atoms with van der Waals surface area (Å²) < 4.78 is 13.1. The van der Waals surface area contributed by atoms with Crippen LogP contribution < -0.4 is 20.3 Å². The second-order valence-electron chi connectivity index (χ2n) is 8.21. The molecule has 0 aliphatic heterocycles. The van der Waals surface area contributed by atoms with E-state index in [1.54, 1.807) is 31.2 Å². The molecule has 2 amide bonds. The number of nitrogens with zero attached hydrogens (tertiary/aromatic N) is 3. The highest BCUT2D eigenvalue weighted by atomic mass is 35.5. The highest BCUT2D eigenvalue weighted by Gasteiger charge is 2.22. The van der Waals surface area contributed by atoms with E-state index >= 15 is 0 Å². The van der Waals surface area contributed by atoms with Crippen LogP contribution in [0.5, 0.6) is 11.5 Å². The molecule has 38 heavy (non-hydrogen) atoms. The van der Waals surface area contributed by atoms with E-state index in [1.165, 1.54) is 11.8 Å². The van der Waals surface area contributed by atoms with Crippen molar-refractivity contribution in [3.05, 3.63) is 95.3 Å². The third kappa shape index (κ3) is 7.50. The van der Waals surface area contributed by atoms with Gasteiger partial charge in [0.05, 0.1) is 5.25 Å². The summed E-state index contributed by atoms with van der Waals surface area (Å²) in [6.45, 7) is 3.64. The first-order chi connectivity index (χ1) is 18.4. The number of ether oxygens (including phenoxy) is 2. The predicted molar refractivity (Wildman–Crippen MR) is 145 cm³/mol. The van der Waals surface area contributed by atoms with E-state index in [4.69, 9.17) is 21.1 Å². The first kappa shape index (κ1) is 27.0. The smallest absolute Gasteiger partial charge is 0.276 e. The molecule has 3 aromatic carbocycles. The Kier molecular flexibility index (Phi) is 9.23. The van der Waals surface area contributed by atoms with Crippen molar-refractivity contribution >= 4 is 35.2 Å². The first-order valence-electron chi connectivity index (χ1n) is 11.7. The highest BCUT2D eigenvalue weighted by Crippen LogP contribution is 2.26. The molecule has 196 valence electrons. The Bertz CT molecular complexity index is 1360. The molecule has 0 radical (unpaired) electrons. The number of thioether (sulfide) groups is 1. The third-order valence-electron chi connectivity index (χ3n) is 5.26. The number of hydrogen-bond donors (Lipinski definition) is 2. The fourth-order valence-electron chi connectivity index (χ4n) is 3.25. The lowest BCUT2D eigenvalue weighted by molar-refractivity contribution is -0.129. The summed E-state index contributed by atoms with van der Waals surface area (Å²) in [6, 6.07) is 23.9. The molecule has 2 N–H and O–H groups in total. The standard InChI is InChI=1S/C27H26ClN5O4S/c1-18-8-12-22(13-9-18)36-16-24-29-32-27(33(24)21-6-4-3-5-7-21)38-19(2)26(35)31-30-25(34)17-37-23-14-10-20(28)11-15-23/h3-15,19H,16-17H2,1-2H3,(H,30,34)(H,31,35)/t19-/m0/s1. The van der Waals surface area contributed by atoms with Gasteiger partial charge in [-0.3, -0.25) is 25.0 Å². The van der Waals surface area contributed by atoms with Crippen LogP contribution in [0.15, 0.2) is 84.0 Å². The molecule has 0 spiro atoms. The maximum absolute atomic E-state index is 12.7. The van der Waals surface area contributed by atoms with Gasteiger partial charge in [-0.25, -0.2) is 0 Å². The zero-order valence-corrected chi connectivity index (χ0v) is 22.3. The van der Waals surface area contributed by atoms with E-state index in [0.29, 0.717) is 21.8 Å². The molecule has 4 aromatic rings. The molecular weight excluding hydrogens is 526 g/mol. The van der Waals surface area contributed by atoms with Crippen LogP contribution >= 0.6 is 23.4 Å². The van der Waals surface area contributed by atoms with Crippen molar-refractivity contribution in [2.24, 2.45) is 0 Å². The van der Waals surface area contributed by atoms with Gasteiger partial charge in [0.2, 0.25) is 0 Å². The van der Waals surface area contributed by atoms with Gasteiger partial charge in [-0.05, 0) is 62.4 Å². The van der Waals surface area contributed by atoms with Gasteiger partial charge >= 0.3 is 0 Å². The minimum atomic E-state index is -0.593. The van der Waals surface area contributed by atoms with Crippen molar-refractivity contribution in [1.29, 1.82) is 0 Å². The van der Waals surface area contributed by atoms with Gasteiger partial charge in [0.1, 0.15) is 18.1 Å². The third-order valence-corrected chi connectivity index (χ3v) is 6.56. The van der Waals surface area contributed by atoms with E-state index in [9.17, 15) is 9.59 Å². The molecular formula is C27H26ClN5O4S. The molecule has 0 bridgehead atoms. The summed E-state index contributed by atoms with van der Waals surface area (Å²) in [7, 11) is 0. The van der Waals surface area contributed by atoms with Crippen LogP contribution in [0.3, 0.4) is 0 Å². The van der Waals surface area contributed by atoms with Gasteiger partial charge in [-0.1, -0.05) is 59.3 Å². The van der Waals surface area contributed by atoms with Crippen LogP contribution in [0.25, 0.3) is 5.69 Å². The van der Waals surface area contributed by atoms with Gasteiger partial charge in [0.15, 0.2) is 17.6 Å². The molecule has 1 heterocycles. The minimum absolute atomic E-state index is 0.190. The highest BCUT2D eigenvalue weighted by molar-refractivity contribution is 8.00. The Balaban J connectivity index is 1.36. The monoisotopic (exact) mass is 551 g/mol. The number of hydrazine groups is 1. The number of aryl methyl sites for hydroxylation is 1. The normalized spacial score (nSPS) is 11.4. The van der Waals surface area contributed by atoms with Gasteiger partial charge in [0.25, 0.3) is 11.8 Å². The van der Waals surface area contributed by atoms with Crippen molar-refractivity contribution in [3.8, 4) is 17.2 Å². The Hall–Kier alpha value is -4.02. The molecule has 0 aliphatic carbocycles. The largest absolute Gasteiger partial charge is 0.486 e. The Morgan fingerprint density at radius 2 is 1.58 bits per heavy atom. The van der Waals surface area contributed by atoms with E-state index in [1.807, 2.05) is 66.1 Å². The first-order valence-corrected chi connectivity index (χ1v) is 13.0. The number of carbonyl (C=O) groups excluding carboxylic acids is 2. The van der Waals surface area contributed by atoms with Crippen LogP contribution in [0.1, 0.15) is 18.3 Å². The summed E-state index contributed by atoms with van der Waals surface area (Å²) in [5.41, 5.74) is 6.76. The molecule has 1 aromatic heterocycles. The topological polar surface area (TPSA) is 107 Å². The number of benzene rings is 3. The fraction of sp³-hybridized carbons (Fsp3) is 0.185. The lowest BCUT2D eigenvalue weighted by Gasteiger charge is -2.15. The summed E-state index contributed by atoms with van der Waals surface area (Å²) >= 11 is 7.05. The second kappa shape index (κ2) is 13.0. The van der Waals surface area contributed by atoms with Crippen LogP contribution in [0.2, 0.25) is 5.02 Å². The Morgan fingerprint density at radius 3 is 2.29 bits per heavy atom. The average Bonchev–Trinajstić information content (AvgIpc) is 3.33. The lowest BCUT2D eigenvalue weighted by Crippen LogP contribution is -2.46. The van der Waals surface area contributed by atoms with Crippen LogP contribution in [0, 0.1) is 6.92 Å². The number of para-hydroxylation sites is 1. The van der Waals surface area contributed by atoms with Gasteiger partial charge in [-0.2, -0.15) is 0 Å². The number of hydrogen-bond acceptors (Lipinski definition) is 7.